The van der Waals surface area contributed by atoms with Crippen LogP contribution in [0.1, 0.15) is 69.4 Å². The molecular weight excluding hydrogens is 184 g/mol. The first-order chi connectivity index (χ1) is 6.91. The summed E-state index contributed by atoms with van der Waals surface area (Å²) in [7, 11) is 0. The number of rotatable bonds is 3. The van der Waals surface area contributed by atoms with Gasteiger partial charge in [-0.15, -0.1) is 0 Å². The molecule has 0 spiro atoms. The van der Waals surface area contributed by atoms with Crippen LogP contribution in [-0.2, 0) is 0 Å². The third kappa shape index (κ3) is 3.03. The molecule has 0 bridgehead atoms. The molecule has 0 fully saturated rings. The van der Waals surface area contributed by atoms with Gasteiger partial charge >= 0.3 is 0 Å². The van der Waals surface area contributed by atoms with Gasteiger partial charge in [-0.25, -0.2) is 0 Å². The molecule has 15 heavy (non-hydrogen) atoms. The Balaban J connectivity index is 3.20. The van der Waals surface area contributed by atoms with E-state index in [0.29, 0.717) is 11.8 Å². The molecular formula is C13H22N2. The van der Waals surface area contributed by atoms with Crippen LogP contribution in [0.5, 0.6) is 0 Å². The smallest absolute Gasteiger partial charge is 0.0574 e. The van der Waals surface area contributed by atoms with E-state index in [1.807, 2.05) is 6.92 Å². The highest BCUT2D eigenvalue weighted by Crippen LogP contribution is 2.22. The molecule has 0 saturated carbocycles. The molecule has 1 aromatic rings. The van der Waals surface area contributed by atoms with Gasteiger partial charge in [0.05, 0.1) is 5.69 Å². The van der Waals surface area contributed by atoms with Gasteiger partial charge in [0.1, 0.15) is 0 Å². The summed E-state index contributed by atoms with van der Waals surface area (Å²) in [5.41, 5.74) is 9.37. The third-order valence-electron chi connectivity index (χ3n) is 2.61. The van der Waals surface area contributed by atoms with Crippen LogP contribution >= 0.6 is 0 Å². The highest BCUT2D eigenvalue weighted by atomic mass is 14.8. The van der Waals surface area contributed by atoms with E-state index in [1.165, 1.54) is 5.56 Å². The molecule has 84 valence electrons. The topological polar surface area (TPSA) is 38.9 Å². The van der Waals surface area contributed by atoms with Gasteiger partial charge in [-0.1, -0.05) is 27.7 Å². The largest absolute Gasteiger partial charge is 0.323 e. The van der Waals surface area contributed by atoms with Crippen LogP contribution in [0, 0.1) is 0 Å². The Hall–Kier alpha value is -0.890. The highest BCUT2D eigenvalue weighted by Gasteiger charge is 2.10. The molecule has 1 unspecified atom stereocenters. The van der Waals surface area contributed by atoms with Gasteiger partial charge < -0.3 is 5.73 Å². The van der Waals surface area contributed by atoms with Crippen molar-refractivity contribution in [1.29, 1.82) is 0 Å². The van der Waals surface area contributed by atoms with Crippen LogP contribution in [0.2, 0.25) is 0 Å². The van der Waals surface area contributed by atoms with Crippen molar-refractivity contribution >= 4 is 0 Å². The standard InChI is InChI=1S/C13H22N2/c1-8(2)11-6-12(9(3)4)15-13(7-11)10(5)14/h6-10H,14H2,1-5H3. The van der Waals surface area contributed by atoms with Crippen molar-refractivity contribution in [2.24, 2.45) is 5.73 Å². The summed E-state index contributed by atoms with van der Waals surface area (Å²) in [6, 6.07) is 4.34. The normalized spacial score (nSPS) is 13.6. The summed E-state index contributed by atoms with van der Waals surface area (Å²) < 4.78 is 0. The Kier molecular flexibility index (Phi) is 3.86. The second-order valence-electron chi connectivity index (χ2n) is 4.85. The summed E-state index contributed by atoms with van der Waals surface area (Å²) in [6.07, 6.45) is 0. The lowest BCUT2D eigenvalue weighted by Crippen LogP contribution is -2.10. The molecule has 0 aliphatic carbocycles. The quantitative estimate of drug-likeness (QED) is 0.823. The Morgan fingerprint density at radius 1 is 0.933 bits per heavy atom. The van der Waals surface area contributed by atoms with Crippen LogP contribution in [-0.4, -0.2) is 4.98 Å². The average molecular weight is 206 g/mol. The van der Waals surface area contributed by atoms with E-state index in [-0.39, 0.29) is 6.04 Å². The van der Waals surface area contributed by atoms with Crippen molar-refractivity contribution in [3.63, 3.8) is 0 Å². The lowest BCUT2D eigenvalue weighted by molar-refractivity contribution is 0.729. The van der Waals surface area contributed by atoms with E-state index in [1.54, 1.807) is 0 Å². The van der Waals surface area contributed by atoms with Gasteiger partial charge in [-0.2, -0.15) is 0 Å². The molecule has 0 saturated heterocycles. The summed E-state index contributed by atoms with van der Waals surface area (Å²) >= 11 is 0. The Morgan fingerprint density at radius 3 is 1.87 bits per heavy atom. The molecule has 1 rings (SSSR count). The number of pyridine rings is 1. The Morgan fingerprint density at radius 2 is 1.47 bits per heavy atom. The van der Waals surface area contributed by atoms with Crippen LogP contribution in [0.25, 0.3) is 0 Å². The molecule has 1 heterocycles. The van der Waals surface area contributed by atoms with Crippen molar-refractivity contribution in [1.82, 2.24) is 4.98 Å². The first kappa shape index (κ1) is 12.2. The number of hydrogen-bond acceptors (Lipinski definition) is 2. The molecule has 1 aromatic heterocycles. The van der Waals surface area contributed by atoms with Gasteiger partial charge in [0.2, 0.25) is 0 Å². The van der Waals surface area contributed by atoms with Gasteiger partial charge in [-0.3, -0.25) is 4.98 Å². The fraction of sp³-hybridized carbons (Fsp3) is 0.615. The Labute approximate surface area is 92.9 Å². The third-order valence-corrected chi connectivity index (χ3v) is 2.61. The summed E-state index contributed by atoms with van der Waals surface area (Å²) in [6.45, 7) is 10.7. The van der Waals surface area contributed by atoms with E-state index in [0.717, 1.165) is 11.4 Å². The molecule has 0 amide bonds. The van der Waals surface area contributed by atoms with Crippen LogP contribution < -0.4 is 5.73 Å². The molecule has 2 nitrogen and oxygen atoms in total. The number of nitrogens with two attached hydrogens (primary N) is 1. The SMILES string of the molecule is CC(C)c1cc(C(C)C)nc(C(C)N)c1. The minimum atomic E-state index is 0.0150. The molecule has 2 N–H and O–H groups in total. The zero-order valence-electron chi connectivity index (χ0n) is 10.4. The van der Waals surface area contributed by atoms with Crippen molar-refractivity contribution < 1.29 is 0 Å². The molecule has 1 atom stereocenters. The van der Waals surface area contributed by atoms with E-state index in [4.69, 9.17) is 5.73 Å². The first-order valence-corrected chi connectivity index (χ1v) is 5.69. The summed E-state index contributed by atoms with van der Waals surface area (Å²) in [5.74, 6) is 0.990. The summed E-state index contributed by atoms with van der Waals surface area (Å²) in [5, 5.41) is 0. The average Bonchev–Trinajstić information content (AvgIpc) is 2.16. The van der Waals surface area contributed by atoms with E-state index >= 15 is 0 Å². The maximum Gasteiger partial charge on any atom is 0.0574 e. The van der Waals surface area contributed by atoms with Crippen molar-refractivity contribution in [3.8, 4) is 0 Å². The van der Waals surface area contributed by atoms with E-state index < -0.39 is 0 Å². The lowest BCUT2D eigenvalue weighted by atomic mass is 9.98. The highest BCUT2D eigenvalue weighted by molar-refractivity contribution is 5.27. The van der Waals surface area contributed by atoms with Gasteiger partial charge in [0, 0.05) is 11.7 Å². The van der Waals surface area contributed by atoms with Gasteiger partial charge in [-0.05, 0) is 36.5 Å². The number of aromatic nitrogens is 1. The second kappa shape index (κ2) is 4.75. The predicted molar refractivity (Wildman–Crippen MR) is 65.0 cm³/mol. The van der Waals surface area contributed by atoms with Crippen LogP contribution in [0.4, 0.5) is 0 Å². The fourth-order valence-corrected chi connectivity index (χ4v) is 1.46. The minimum absolute atomic E-state index is 0.0150. The molecule has 0 aromatic carbocycles. The lowest BCUT2D eigenvalue weighted by Gasteiger charge is -2.14. The minimum Gasteiger partial charge on any atom is -0.323 e. The fourth-order valence-electron chi connectivity index (χ4n) is 1.46. The predicted octanol–water partition coefficient (Wildman–Crippen LogP) is 3.35. The monoisotopic (exact) mass is 206 g/mol. The maximum atomic E-state index is 5.89. The zero-order chi connectivity index (χ0) is 11.6. The molecule has 0 radical (unpaired) electrons. The van der Waals surface area contributed by atoms with Crippen LogP contribution in [0.15, 0.2) is 12.1 Å². The Bertz CT molecular complexity index is 263. The maximum absolute atomic E-state index is 5.89. The van der Waals surface area contributed by atoms with E-state index in [2.05, 4.69) is 44.8 Å². The molecule has 0 aliphatic rings. The number of nitrogens with zero attached hydrogens (tertiary/aromatic N) is 1. The first-order valence-electron chi connectivity index (χ1n) is 5.69. The van der Waals surface area contributed by atoms with Crippen molar-refractivity contribution in [2.75, 3.05) is 0 Å². The van der Waals surface area contributed by atoms with Gasteiger partial charge in [0.25, 0.3) is 0 Å². The summed E-state index contributed by atoms with van der Waals surface area (Å²) in [4.78, 5) is 4.59. The second-order valence-corrected chi connectivity index (χ2v) is 4.85. The van der Waals surface area contributed by atoms with Crippen molar-refractivity contribution in [3.05, 3.63) is 29.1 Å². The van der Waals surface area contributed by atoms with Crippen LogP contribution in [0.3, 0.4) is 0 Å². The zero-order valence-corrected chi connectivity index (χ0v) is 10.4. The molecule has 2 heteroatoms. The van der Waals surface area contributed by atoms with Gasteiger partial charge in [0.15, 0.2) is 0 Å². The molecule has 0 aliphatic heterocycles. The number of hydrogen-bond donors (Lipinski definition) is 1. The van der Waals surface area contributed by atoms with Crippen molar-refractivity contribution in [2.45, 2.75) is 52.5 Å². The van der Waals surface area contributed by atoms with E-state index in [9.17, 15) is 0 Å².